The number of halogens is 1. The van der Waals surface area contributed by atoms with E-state index in [4.69, 9.17) is 4.74 Å². The number of benzene rings is 1. The van der Waals surface area contributed by atoms with Crippen molar-refractivity contribution in [3.8, 4) is 5.75 Å². The Morgan fingerprint density at radius 1 is 1.35 bits per heavy atom. The first-order chi connectivity index (χ1) is 9.67. The molecular weight excluding hydrogens is 334 g/mol. The van der Waals surface area contributed by atoms with Crippen molar-refractivity contribution in [1.82, 2.24) is 0 Å². The number of nitrogens with one attached hydrogen (secondary N) is 1. The third-order valence-corrected chi connectivity index (χ3v) is 5.53. The summed E-state index contributed by atoms with van der Waals surface area (Å²) in [6.07, 6.45) is 3.67. The van der Waals surface area contributed by atoms with Gasteiger partial charge in [-0.2, -0.15) is 0 Å². The second-order valence-corrected chi connectivity index (χ2v) is 7.72. The zero-order valence-electron chi connectivity index (χ0n) is 11.7. The van der Waals surface area contributed by atoms with Crippen molar-refractivity contribution >= 4 is 33.0 Å². The Kier molecular flexibility index (Phi) is 4.03. The first-order valence-electron chi connectivity index (χ1n) is 6.86. The molecule has 1 heterocycles. The molecule has 0 saturated carbocycles. The fourth-order valence-electron chi connectivity index (χ4n) is 2.84. The lowest BCUT2D eigenvalue weighted by atomic mass is 9.94. The molecule has 0 bridgehead atoms. The molecule has 20 heavy (non-hydrogen) atoms. The number of hydrogen-bond acceptors (Lipinski definition) is 3. The Balaban J connectivity index is 1.83. The molecule has 0 amide bonds. The van der Waals surface area contributed by atoms with Crippen LogP contribution in [0.2, 0.25) is 0 Å². The fraction of sp³-hybridized carbons (Fsp3) is 0.375. The van der Waals surface area contributed by atoms with Crippen LogP contribution in [0.1, 0.15) is 34.9 Å². The molecule has 2 aromatic rings. The average molecular weight is 352 g/mol. The molecule has 0 saturated heterocycles. The van der Waals surface area contributed by atoms with E-state index in [2.05, 4.69) is 46.4 Å². The second-order valence-electron chi connectivity index (χ2n) is 5.20. The van der Waals surface area contributed by atoms with Crippen LogP contribution in [0, 0.1) is 6.92 Å². The van der Waals surface area contributed by atoms with E-state index in [1.165, 1.54) is 44.7 Å². The lowest BCUT2D eigenvalue weighted by Gasteiger charge is -2.25. The lowest BCUT2D eigenvalue weighted by Crippen LogP contribution is -2.15. The Morgan fingerprint density at radius 2 is 2.20 bits per heavy atom. The first kappa shape index (κ1) is 14.0. The average Bonchev–Trinajstić information content (AvgIpc) is 2.80. The van der Waals surface area contributed by atoms with Crippen LogP contribution in [0.5, 0.6) is 5.75 Å². The second kappa shape index (κ2) is 5.78. The van der Waals surface area contributed by atoms with E-state index in [0.29, 0.717) is 6.04 Å². The number of hydrogen-bond donors (Lipinski definition) is 1. The Labute approximate surface area is 132 Å². The smallest absolute Gasteiger partial charge is 0.121 e. The van der Waals surface area contributed by atoms with Crippen molar-refractivity contribution in [3.63, 3.8) is 0 Å². The molecule has 1 aromatic carbocycles. The van der Waals surface area contributed by atoms with Gasteiger partial charge in [-0.15, -0.1) is 11.3 Å². The van der Waals surface area contributed by atoms with Gasteiger partial charge in [-0.05, 0) is 77.5 Å². The molecule has 4 heteroatoms. The van der Waals surface area contributed by atoms with E-state index in [1.54, 1.807) is 7.11 Å². The number of thiophene rings is 1. The van der Waals surface area contributed by atoms with E-state index >= 15 is 0 Å². The van der Waals surface area contributed by atoms with Crippen LogP contribution in [0.3, 0.4) is 0 Å². The highest BCUT2D eigenvalue weighted by Gasteiger charge is 2.22. The molecule has 0 fully saturated rings. The number of aryl methyl sites for hydroxylation is 2. The molecule has 0 spiro atoms. The molecule has 1 aliphatic carbocycles. The quantitative estimate of drug-likeness (QED) is 0.808. The number of ether oxygens (including phenoxy) is 1. The third-order valence-electron chi connectivity index (χ3n) is 3.82. The normalized spacial score (nSPS) is 17.6. The van der Waals surface area contributed by atoms with Crippen molar-refractivity contribution in [2.75, 3.05) is 12.4 Å². The molecule has 1 unspecified atom stereocenters. The van der Waals surface area contributed by atoms with Gasteiger partial charge in [0.2, 0.25) is 0 Å². The summed E-state index contributed by atoms with van der Waals surface area (Å²) in [7, 11) is 1.71. The zero-order chi connectivity index (χ0) is 14.1. The molecule has 3 rings (SSSR count). The van der Waals surface area contributed by atoms with Crippen LogP contribution in [0.25, 0.3) is 0 Å². The summed E-state index contributed by atoms with van der Waals surface area (Å²) in [5.74, 6) is 0.943. The summed E-state index contributed by atoms with van der Waals surface area (Å²) in [5, 5.41) is 3.67. The number of methoxy groups -OCH3 is 1. The predicted octanol–water partition coefficient (Wildman–Crippen LogP) is 5.32. The van der Waals surface area contributed by atoms with Gasteiger partial charge < -0.3 is 10.1 Å². The van der Waals surface area contributed by atoms with Crippen molar-refractivity contribution in [1.29, 1.82) is 0 Å². The summed E-state index contributed by atoms with van der Waals surface area (Å²) < 4.78 is 6.56. The van der Waals surface area contributed by atoms with E-state index < -0.39 is 0 Å². The molecule has 106 valence electrons. The molecule has 1 aliphatic rings. The van der Waals surface area contributed by atoms with Crippen LogP contribution in [-0.4, -0.2) is 7.11 Å². The number of rotatable bonds is 3. The Bertz CT molecular complexity index is 623. The summed E-state index contributed by atoms with van der Waals surface area (Å²) in [4.78, 5) is 1.52. The minimum atomic E-state index is 0.425. The highest BCUT2D eigenvalue weighted by molar-refractivity contribution is 9.11. The summed E-state index contributed by atoms with van der Waals surface area (Å²) in [6, 6.07) is 8.99. The van der Waals surface area contributed by atoms with Crippen molar-refractivity contribution in [2.45, 2.75) is 32.2 Å². The van der Waals surface area contributed by atoms with E-state index in [-0.39, 0.29) is 0 Å². The summed E-state index contributed by atoms with van der Waals surface area (Å²) in [6.45, 7) is 2.08. The van der Waals surface area contributed by atoms with Gasteiger partial charge in [0.1, 0.15) is 5.75 Å². The van der Waals surface area contributed by atoms with Crippen molar-refractivity contribution < 1.29 is 4.74 Å². The van der Waals surface area contributed by atoms with E-state index in [1.807, 2.05) is 17.4 Å². The van der Waals surface area contributed by atoms with Gasteiger partial charge in [0.05, 0.1) is 16.9 Å². The van der Waals surface area contributed by atoms with Gasteiger partial charge in [-0.1, -0.05) is 0 Å². The third kappa shape index (κ3) is 2.72. The van der Waals surface area contributed by atoms with Crippen LogP contribution in [0.4, 0.5) is 5.69 Å². The standard InChI is InChI=1S/C16H18BrNOS/c1-10-8-11(6-7-14(10)19-2)18-13-4-3-5-15-12(13)9-16(17)20-15/h6-9,13,18H,3-5H2,1-2H3. The van der Waals surface area contributed by atoms with E-state index in [9.17, 15) is 0 Å². The van der Waals surface area contributed by atoms with Crippen LogP contribution >= 0.6 is 27.3 Å². The van der Waals surface area contributed by atoms with Gasteiger partial charge in [0.25, 0.3) is 0 Å². The van der Waals surface area contributed by atoms with Gasteiger partial charge in [0.15, 0.2) is 0 Å². The minimum absolute atomic E-state index is 0.425. The lowest BCUT2D eigenvalue weighted by molar-refractivity contribution is 0.411. The topological polar surface area (TPSA) is 21.3 Å². The van der Waals surface area contributed by atoms with Gasteiger partial charge in [0, 0.05) is 10.6 Å². The van der Waals surface area contributed by atoms with Crippen LogP contribution in [-0.2, 0) is 6.42 Å². The Morgan fingerprint density at radius 3 is 2.95 bits per heavy atom. The number of anilines is 1. The van der Waals surface area contributed by atoms with Gasteiger partial charge in [-0.25, -0.2) is 0 Å². The Hall–Kier alpha value is -1.00. The molecule has 0 radical (unpaired) electrons. The summed E-state index contributed by atoms with van der Waals surface area (Å²) >= 11 is 5.48. The fourth-order valence-corrected chi connectivity index (χ4v) is 4.66. The maximum Gasteiger partial charge on any atom is 0.121 e. The van der Waals surface area contributed by atoms with Crippen LogP contribution < -0.4 is 10.1 Å². The number of fused-ring (bicyclic) bond motifs is 1. The maximum atomic E-state index is 5.32. The summed E-state index contributed by atoms with van der Waals surface area (Å²) in [5.41, 5.74) is 3.80. The van der Waals surface area contributed by atoms with Gasteiger partial charge >= 0.3 is 0 Å². The molecule has 1 aromatic heterocycles. The first-order valence-corrected chi connectivity index (χ1v) is 8.47. The van der Waals surface area contributed by atoms with Crippen molar-refractivity contribution in [3.05, 3.63) is 44.1 Å². The molecular formula is C16H18BrNOS. The van der Waals surface area contributed by atoms with Gasteiger partial charge in [-0.3, -0.25) is 0 Å². The molecule has 2 nitrogen and oxygen atoms in total. The van der Waals surface area contributed by atoms with Crippen LogP contribution in [0.15, 0.2) is 28.1 Å². The largest absolute Gasteiger partial charge is 0.496 e. The SMILES string of the molecule is COc1ccc(NC2CCCc3sc(Br)cc32)cc1C. The maximum absolute atomic E-state index is 5.32. The van der Waals surface area contributed by atoms with Crippen molar-refractivity contribution in [2.24, 2.45) is 0 Å². The monoisotopic (exact) mass is 351 g/mol. The highest BCUT2D eigenvalue weighted by atomic mass is 79.9. The molecule has 1 atom stereocenters. The van der Waals surface area contributed by atoms with E-state index in [0.717, 1.165) is 5.75 Å². The zero-order valence-corrected chi connectivity index (χ0v) is 14.1. The molecule has 0 aliphatic heterocycles. The highest BCUT2D eigenvalue weighted by Crippen LogP contribution is 2.39. The predicted molar refractivity (Wildman–Crippen MR) is 89.1 cm³/mol. The minimum Gasteiger partial charge on any atom is -0.496 e. The molecule has 1 N–H and O–H groups in total.